The maximum Gasteiger partial charge on any atom is 0.242 e. The highest BCUT2D eigenvalue weighted by atomic mass is 32.2. The molecule has 3 rings (SSSR count). The Morgan fingerprint density at radius 1 is 1.30 bits per heavy atom. The van der Waals surface area contributed by atoms with Gasteiger partial charge in [0.25, 0.3) is 0 Å². The molecule has 1 amide bonds. The normalized spacial score (nSPS) is 12.0. The lowest BCUT2D eigenvalue weighted by molar-refractivity contribution is -0.121. The average Bonchev–Trinajstić information content (AvgIpc) is 3.26. The summed E-state index contributed by atoms with van der Waals surface area (Å²) in [6.45, 7) is 0.347. The number of carbonyl (C=O) groups is 1. The average molecular weight is 390 g/mol. The number of hydrogen-bond acceptors (Lipinski definition) is 5. The van der Waals surface area contributed by atoms with Crippen LogP contribution in [0.1, 0.15) is 18.0 Å². The lowest BCUT2D eigenvalue weighted by atomic mass is 10.3. The lowest BCUT2D eigenvalue weighted by Gasteiger charge is -2.10. The third-order valence-electron chi connectivity index (χ3n) is 4.34. The molecule has 0 aliphatic heterocycles. The molecule has 0 saturated carbocycles. The summed E-state index contributed by atoms with van der Waals surface area (Å²) in [5.74, 6) is 1.31. The van der Waals surface area contributed by atoms with Crippen LogP contribution in [0.3, 0.4) is 0 Å². The summed E-state index contributed by atoms with van der Waals surface area (Å²) >= 11 is 0. The fourth-order valence-corrected chi connectivity index (χ4v) is 3.66. The monoisotopic (exact) mass is 390 g/mol. The molecule has 2 heterocycles. The first-order valence-corrected chi connectivity index (χ1v) is 9.90. The van der Waals surface area contributed by atoms with Crippen LogP contribution in [0.4, 0.5) is 0 Å². The molecule has 1 aromatic carbocycles. The molecule has 0 aliphatic rings. The van der Waals surface area contributed by atoms with Crippen LogP contribution in [0.2, 0.25) is 0 Å². The van der Waals surface area contributed by atoms with E-state index in [1.54, 1.807) is 36.6 Å². The molecule has 1 N–H and O–H groups in total. The molecule has 0 fully saturated rings. The van der Waals surface area contributed by atoms with Gasteiger partial charge in [-0.2, -0.15) is 0 Å². The van der Waals surface area contributed by atoms with Gasteiger partial charge in [0, 0.05) is 34.0 Å². The molecule has 0 atom stereocenters. The van der Waals surface area contributed by atoms with Gasteiger partial charge in [-0.25, -0.2) is 17.7 Å². The number of nitrogens with one attached hydrogen (secondary N) is 1. The minimum absolute atomic E-state index is 0.102. The molecule has 0 saturated heterocycles. The fraction of sp³-hybridized carbons (Fsp3) is 0.333. The number of furan rings is 1. The molecule has 144 valence electrons. The number of imidazole rings is 1. The Morgan fingerprint density at radius 3 is 2.74 bits per heavy atom. The molecule has 0 unspecified atom stereocenters. The predicted molar refractivity (Wildman–Crippen MR) is 100 cm³/mol. The number of amides is 1. The molecule has 0 aliphatic carbocycles. The molecular formula is C18H22N4O4S. The molecule has 8 nitrogen and oxygen atoms in total. The van der Waals surface area contributed by atoms with E-state index in [0.29, 0.717) is 24.2 Å². The van der Waals surface area contributed by atoms with Crippen molar-refractivity contribution >= 4 is 27.0 Å². The Balaban J connectivity index is 1.71. The molecule has 0 radical (unpaired) electrons. The minimum Gasteiger partial charge on any atom is -0.467 e. The van der Waals surface area contributed by atoms with Gasteiger partial charge >= 0.3 is 0 Å². The second-order valence-electron chi connectivity index (χ2n) is 6.38. The number of nitrogens with zero attached hydrogens (tertiary/aromatic N) is 3. The van der Waals surface area contributed by atoms with Gasteiger partial charge in [-0.3, -0.25) is 4.79 Å². The van der Waals surface area contributed by atoms with Crippen molar-refractivity contribution in [3.05, 3.63) is 48.2 Å². The van der Waals surface area contributed by atoms with E-state index in [-0.39, 0.29) is 17.2 Å². The number of carbonyl (C=O) groups excluding carboxylic acids is 1. The van der Waals surface area contributed by atoms with Crippen molar-refractivity contribution in [2.24, 2.45) is 7.05 Å². The third-order valence-corrected chi connectivity index (χ3v) is 6.15. The summed E-state index contributed by atoms with van der Waals surface area (Å²) < 4.78 is 32.8. The minimum atomic E-state index is -3.52. The number of aromatic nitrogens is 2. The number of aryl methyl sites for hydroxylation is 2. The summed E-state index contributed by atoms with van der Waals surface area (Å²) in [7, 11) is 1.32. The Labute approximate surface area is 157 Å². The zero-order valence-corrected chi connectivity index (χ0v) is 16.3. The highest BCUT2D eigenvalue weighted by molar-refractivity contribution is 7.89. The van der Waals surface area contributed by atoms with Crippen molar-refractivity contribution in [2.75, 3.05) is 14.1 Å². The number of sulfonamides is 1. The van der Waals surface area contributed by atoms with Crippen LogP contribution in [0.15, 0.2) is 45.9 Å². The van der Waals surface area contributed by atoms with Gasteiger partial charge in [-0.05, 0) is 30.3 Å². The van der Waals surface area contributed by atoms with Crippen LogP contribution in [0.5, 0.6) is 0 Å². The number of rotatable bonds is 7. The van der Waals surface area contributed by atoms with Crippen LogP contribution >= 0.6 is 0 Å². The van der Waals surface area contributed by atoms with Crippen molar-refractivity contribution in [3.63, 3.8) is 0 Å². The highest BCUT2D eigenvalue weighted by Gasteiger charge is 2.19. The van der Waals surface area contributed by atoms with Gasteiger partial charge in [0.1, 0.15) is 11.6 Å². The quantitative estimate of drug-likeness (QED) is 0.662. The van der Waals surface area contributed by atoms with Crippen molar-refractivity contribution in [1.82, 2.24) is 19.2 Å². The molecule has 3 aromatic rings. The van der Waals surface area contributed by atoms with Crippen molar-refractivity contribution in [1.29, 1.82) is 0 Å². The number of hydrogen-bond donors (Lipinski definition) is 1. The maximum absolute atomic E-state index is 12.3. The SMILES string of the molecule is CN(C)S(=O)(=O)c1ccc2c(c1)nc(CCC(=O)NCc1ccco1)n2C. The van der Waals surface area contributed by atoms with E-state index in [9.17, 15) is 13.2 Å². The highest BCUT2D eigenvalue weighted by Crippen LogP contribution is 2.21. The smallest absolute Gasteiger partial charge is 0.242 e. The molecule has 2 aromatic heterocycles. The van der Waals surface area contributed by atoms with Gasteiger partial charge in [-0.1, -0.05) is 0 Å². The predicted octanol–water partition coefficient (Wildman–Crippen LogP) is 1.67. The molecule has 0 bridgehead atoms. The molecular weight excluding hydrogens is 368 g/mol. The van der Waals surface area contributed by atoms with E-state index in [0.717, 1.165) is 11.3 Å². The Bertz CT molecular complexity index is 1050. The first kappa shape index (κ1) is 19.1. The van der Waals surface area contributed by atoms with Crippen molar-refractivity contribution < 1.29 is 17.6 Å². The zero-order chi connectivity index (χ0) is 19.6. The molecule has 0 spiro atoms. The van der Waals surface area contributed by atoms with E-state index < -0.39 is 10.0 Å². The van der Waals surface area contributed by atoms with E-state index >= 15 is 0 Å². The van der Waals surface area contributed by atoms with Gasteiger partial charge < -0.3 is 14.3 Å². The van der Waals surface area contributed by atoms with Gasteiger partial charge in [0.15, 0.2) is 0 Å². The second-order valence-corrected chi connectivity index (χ2v) is 8.53. The van der Waals surface area contributed by atoms with Crippen LogP contribution in [-0.2, 0) is 34.8 Å². The van der Waals surface area contributed by atoms with Gasteiger partial charge in [0.05, 0.1) is 28.7 Å². The van der Waals surface area contributed by atoms with E-state index in [1.165, 1.54) is 18.4 Å². The standard InChI is InChI=1S/C18H22N4O4S/c1-21(2)27(24,25)14-6-7-16-15(11-14)20-17(22(16)3)8-9-18(23)19-12-13-5-4-10-26-13/h4-7,10-11H,8-9,12H2,1-3H3,(H,19,23). The van der Waals surface area contributed by atoms with Gasteiger partial charge in [0.2, 0.25) is 15.9 Å². The van der Waals surface area contributed by atoms with Crippen LogP contribution in [0.25, 0.3) is 11.0 Å². The largest absolute Gasteiger partial charge is 0.467 e. The van der Waals surface area contributed by atoms with Crippen LogP contribution < -0.4 is 5.32 Å². The summed E-state index contributed by atoms with van der Waals surface area (Å²) in [5, 5.41) is 2.80. The van der Waals surface area contributed by atoms with Gasteiger partial charge in [-0.15, -0.1) is 0 Å². The number of fused-ring (bicyclic) bond motifs is 1. The van der Waals surface area contributed by atoms with E-state index in [4.69, 9.17) is 4.42 Å². The summed E-state index contributed by atoms with van der Waals surface area (Å²) in [6.07, 6.45) is 2.29. The Hall–Kier alpha value is -2.65. The molecule has 9 heteroatoms. The topological polar surface area (TPSA) is 97.4 Å². The van der Waals surface area contributed by atoms with E-state index in [1.807, 2.05) is 11.6 Å². The fourth-order valence-electron chi connectivity index (χ4n) is 2.74. The van der Waals surface area contributed by atoms with Crippen LogP contribution in [0, 0.1) is 0 Å². The summed E-state index contributed by atoms with van der Waals surface area (Å²) in [4.78, 5) is 16.7. The zero-order valence-electron chi connectivity index (χ0n) is 15.5. The van der Waals surface area contributed by atoms with Crippen molar-refractivity contribution in [3.8, 4) is 0 Å². The first-order valence-electron chi connectivity index (χ1n) is 8.46. The number of benzene rings is 1. The van der Waals surface area contributed by atoms with Crippen LogP contribution in [-0.4, -0.2) is 42.3 Å². The Morgan fingerprint density at radius 2 is 2.07 bits per heavy atom. The van der Waals surface area contributed by atoms with E-state index in [2.05, 4.69) is 10.3 Å². The summed E-state index contributed by atoms with van der Waals surface area (Å²) in [6, 6.07) is 8.43. The first-order chi connectivity index (χ1) is 12.8. The molecule has 27 heavy (non-hydrogen) atoms. The second kappa shape index (κ2) is 7.53. The summed E-state index contributed by atoms with van der Waals surface area (Å²) in [5.41, 5.74) is 1.41. The van der Waals surface area contributed by atoms with Crippen molar-refractivity contribution in [2.45, 2.75) is 24.3 Å². The maximum atomic E-state index is 12.3. The Kier molecular flexibility index (Phi) is 5.33. The third kappa shape index (κ3) is 4.04. The lowest BCUT2D eigenvalue weighted by Crippen LogP contribution is -2.23.